The molecule has 0 aliphatic rings. The molecule has 0 spiro atoms. The third-order valence-electron chi connectivity index (χ3n) is 1.18. The van der Waals surface area contributed by atoms with E-state index < -0.39 is 0 Å². The second-order valence-electron chi connectivity index (χ2n) is 2.03. The standard InChI is InChI=1S/C7H12NS/c8-6-4-2-1-3-5-7-9/h1-5,7H2. The summed E-state index contributed by atoms with van der Waals surface area (Å²) in [6, 6.07) is 2.12. The summed E-state index contributed by atoms with van der Waals surface area (Å²) in [5.74, 6) is 0.868. The molecule has 0 aromatic heterocycles. The Hall–Kier alpha value is -0.160. The van der Waals surface area contributed by atoms with Crippen LogP contribution in [0.25, 0.3) is 0 Å². The molecular weight excluding hydrogens is 130 g/mol. The molecule has 0 aromatic carbocycles. The van der Waals surface area contributed by atoms with Crippen molar-refractivity contribution in [2.75, 3.05) is 5.75 Å². The lowest BCUT2D eigenvalue weighted by Crippen LogP contribution is -1.77. The zero-order valence-electron chi connectivity index (χ0n) is 5.60. The van der Waals surface area contributed by atoms with Gasteiger partial charge in [0.25, 0.3) is 0 Å². The van der Waals surface area contributed by atoms with E-state index in [-0.39, 0.29) is 0 Å². The first kappa shape index (κ1) is 8.84. The van der Waals surface area contributed by atoms with Gasteiger partial charge in [-0.2, -0.15) is 5.26 Å². The van der Waals surface area contributed by atoms with Crippen molar-refractivity contribution in [3.8, 4) is 6.07 Å². The van der Waals surface area contributed by atoms with Gasteiger partial charge in [-0.15, -0.1) is 0 Å². The Morgan fingerprint density at radius 1 is 1.11 bits per heavy atom. The minimum Gasteiger partial charge on any atom is -0.198 e. The number of unbranched alkanes of at least 4 members (excludes halogenated alkanes) is 4. The highest BCUT2D eigenvalue weighted by atomic mass is 32.1. The average molecular weight is 142 g/mol. The first-order valence-corrected chi connectivity index (χ1v) is 3.94. The fourth-order valence-electron chi connectivity index (χ4n) is 0.660. The summed E-state index contributed by atoms with van der Waals surface area (Å²) >= 11 is 4.76. The third kappa shape index (κ3) is 7.84. The SMILES string of the molecule is N#CCCCCCC[S]. The molecule has 2 heteroatoms. The van der Waals surface area contributed by atoms with Crippen molar-refractivity contribution < 1.29 is 0 Å². The molecule has 0 aliphatic carbocycles. The molecule has 0 amide bonds. The number of hydrogen-bond donors (Lipinski definition) is 0. The first-order valence-electron chi connectivity index (χ1n) is 3.37. The monoisotopic (exact) mass is 142 g/mol. The maximum absolute atomic E-state index is 8.15. The molecule has 0 rings (SSSR count). The molecule has 0 aliphatic heterocycles. The van der Waals surface area contributed by atoms with Gasteiger partial charge < -0.3 is 0 Å². The van der Waals surface area contributed by atoms with Gasteiger partial charge in [-0.05, 0) is 12.8 Å². The van der Waals surface area contributed by atoms with Crippen LogP contribution in [0.2, 0.25) is 0 Å². The zero-order valence-corrected chi connectivity index (χ0v) is 6.41. The van der Waals surface area contributed by atoms with Crippen LogP contribution in [0.15, 0.2) is 0 Å². The highest BCUT2D eigenvalue weighted by Gasteiger charge is 1.86. The van der Waals surface area contributed by atoms with Crippen molar-refractivity contribution in [2.45, 2.75) is 32.1 Å². The molecule has 0 saturated heterocycles. The maximum atomic E-state index is 8.15. The molecule has 51 valence electrons. The van der Waals surface area contributed by atoms with E-state index in [1.165, 1.54) is 12.8 Å². The van der Waals surface area contributed by atoms with Crippen LogP contribution in [0.5, 0.6) is 0 Å². The predicted molar refractivity (Wildman–Crippen MR) is 41.2 cm³/mol. The van der Waals surface area contributed by atoms with E-state index in [4.69, 9.17) is 17.9 Å². The van der Waals surface area contributed by atoms with E-state index >= 15 is 0 Å². The third-order valence-corrected chi connectivity index (χ3v) is 1.47. The van der Waals surface area contributed by atoms with Gasteiger partial charge in [0.05, 0.1) is 6.07 Å². The summed E-state index contributed by atoms with van der Waals surface area (Å²) in [6.07, 6.45) is 5.26. The molecule has 9 heavy (non-hydrogen) atoms. The van der Waals surface area contributed by atoms with Gasteiger partial charge in [-0.25, -0.2) is 0 Å². The molecule has 0 heterocycles. The minimum absolute atomic E-state index is 0.706. The highest BCUT2D eigenvalue weighted by Crippen LogP contribution is 2.02. The Morgan fingerprint density at radius 3 is 2.33 bits per heavy atom. The van der Waals surface area contributed by atoms with Crippen LogP contribution in [-0.2, 0) is 0 Å². The van der Waals surface area contributed by atoms with Crippen molar-refractivity contribution in [3.05, 3.63) is 0 Å². The predicted octanol–water partition coefficient (Wildman–Crippen LogP) is 2.66. The lowest BCUT2D eigenvalue weighted by Gasteiger charge is -1.92. The molecular formula is C7H12NS. The van der Waals surface area contributed by atoms with Gasteiger partial charge in [0.15, 0.2) is 0 Å². The maximum Gasteiger partial charge on any atom is 0.0621 e. The minimum atomic E-state index is 0.706. The van der Waals surface area contributed by atoms with Crippen LogP contribution in [0.1, 0.15) is 32.1 Å². The fraction of sp³-hybridized carbons (Fsp3) is 0.857. The van der Waals surface area contributed by atoms with Crippen LogP contribution in [-0.4, -0.2) is 5.75 Å². The second-order valence-corrected chi connectivity index (χ2v) is 2.43. The molecule has 0 atom stereocenters. The molecule has 1 radical (unpaired) electrons. The van der Waals surface area contributed by atoms with Gasteiger partial charge in [0, 0.05) is 12.2 Å². The summed E-state index contributed by atoms with van der Waals surface area (Å²) < 4.78 is 0. The zero-order chi connectivity index (χ0) is 6.95. The summed E-state index contributed by atoms with van der Waals surface area (Å²) in [5, 5.41) is 8.15. The van der Waals surface area contributed by atoms with Gasteiger partial charge in [-0.3, -0.25) is 0 Å². The Labute approximate surface area is 62.5 Å². The Kier molecular flexibility index (Phi) is 7.70. The molecule has 0 fully saturated rings. The van der Waals surface area contributed by atoms with Gasteiger partial charge in [0.1, 0.15) is 0 Å². The Balaban J connectivity index is 2.69. The molecule has 0 N–H and O–H groups in total. The van der Waals surface area contributed by atoms with E-state index in [0.29, 0.717) is 6.42 Å². The van der Waals surface area contributed by atoms with Crippen molar-refractivity contribution in [3.63, 3.8) is 0 Å². The number of nitrogens with zero attached hydrogens (tertiary/aromatic N) is 1. The second kappa shape index (κ2) is 7.84. The van der Waals surface area contributed by atoms with Crippen molar-refractivity contribution >= 4 is 12.6 Å². The topological polar surface area (TPSA) is 23.8 Å². The van der Waals surface area contributed by atoms with Crippen LogP contribution in [0.4, 0.5) is 0 Å². The van der Waals surface area contributed by atoms with Gasteiger partial charge in [-0.1, -0.05) is 25.5 Å². The number of rotatable bonds is 5. The molecule has 0 aromatic rings. The van der Waals surface area contributed by atoms with E-state index in [2.05, 4.69) is 6.07 Å². The van der Waals surface area contributed by atoms with Crippen LogP contribution < -0.4 is 0 Å². The van der Waals surface area contributed by atoms with E-state index in [1.807, 2.05) is 0 Å². The normalized spacial score (nSPS) is 8.89. The average Bonchev–Trinajstić information content (AvgIpc) is 1.89. The van der Waals surface area contributed by atoms with Gasteiger partial charge in [0.2, 0.25) is 0 Å². The lowest BCUT2D eigenvalue weighted by atomic mass is 10.2. The lowest BCUT2D eigenvalue weighted by molar-refractivity contribution is 0.682. The van der Waals surface area contributed by atoms with Crippen molar-refractivity contribution in [2.24, 2.45) is 0 Å². The largest absolute Gasteiger partial charge is 0.198 e. The van der Waals surface area contributed by atoms with Gasteiger partial charge >= 0.3 is 0 Å². The quantitative estimate of drug-likeness (QED) is 0.541. The van der Waals surface area contributed by atoms with E-state index in [0.717, 1.165) is 18.6 Å². The smallest absolute Gasteiger partial charge is 0.0621 e. The highest BCUT2D eigenvalue weighted by molar-refractivity contribution is 7.80. The van der Waals surface area contributed by atoms with E-state index in [1.54, 1.807) is 0 Å². The number of hydrogen-bond acceptors (Lipinski definition) is 1. The van der Waals surface area contributed by atoms with Crippen molar-refractivity contribution in [1.29, 1.82) is 5.26 Å². The summed E-state index contributed by atoms with van der Waals surface area (Å²) in [6.45, 7) is 0. The fourth-order valence-corrected chi connectivity index (χ4v) is 0.864. The molecule has 0 bridgehead atoms. The summed E-state index contributed by atoms with van der Waals surface area (Å²) in [5.41, 5.74) is 0. The Bertz CT molecular complexity index is 85.4. The molecule has 1 nitrogen and oxygen atoms in total. The van der Waals surface area contributed by atoms with Crippen molar-refractivity contribution in [1.82, 2.24) is 0 Å². The van der Waals surface area contributed by atoms with Crippen LogP contribution in [0, 0.1) is 11.3 Å². The summed E-state index contributed by atoms with van der Waals surface area (Å²) in [4.78, 5) is 0. The number of nitriles is 1. The molecule has 0 unspecified atom stereocenters. The summed E-state index contributed by atoms with van der Waals surface area (Å²) in [7, 11) is 0. The first-order chi connectivity index (χ1) is 4.41. The molecule has 0 saturated carbocycles. The van der Waals surface area contributed by atoms with Crippen LogP contribution >= 0.6 is 12.6 Å². The van der Waals surface area contributed by atoms with E-state index in [9.17, 15) is 0 Å². The van der Waals surface area contributed by atoms with Crippen LogP contribution in [0.3, 0.4) is 0 Å². The Morgan fingerprint density at radius 2 is 1.78 bits per heavy atom.